The van der Waals surface area contributed by atoms with Crippen LogP contribution in [-0.4, -0.2) is 26.6 Å². The van der Waals surface area contributed by atoms with Crippen molar-refractivity contribution in [2.45, 2.75) is 4.34 Å². The van der Waals surface area contributed by atoms with Gasteiger partial charge in [0.25, 0.3) is 0 Å². The van der Waals surface area contributed by atoms with E-state index < -0.39 is 10.8 Å². The van der Waals surface area contributed by atoms with Crippen molar-refractivity contribution in [1.82, 2.24) is 15.4 Å². The van der Waals surface area contributed by atoms with Crippen molar-refractivity contribution in [3.63, 3.8) is 0 Å². The van der Waals surface area contributed by atoms with Gasteiger partial charge in [-0.1, -0.05) is 6.58 Å². The molecule has 5 nitrogen and oxygen atoms in total. The summed E-state index contributed by atoms with van der Waals surface area (Å²) in [6.45, 7) is 3.85. The summed E-state index contributed by atoms with van der Waals surface area (Å²) in [5.41, 5.74) is 6.12. The molecule has 0 radical (unpaired) electrons. The first-order valence-corrected chi connectivity index (χ1v) is 6.88. The van der Waals surface area contributed by atoms with Gasteiger partial charge in [-0.2, -0.15) is 5.10 Å². The zero-order chi connectivity index (χ0) is 11.3. The summed E-state index contributed by atoms with van der Waals surface area (Å²) < 4.78 is 12.9. The molecule has 2 aromatic rings. The second-order valence-corrected chi connectivity index (χ2v) is 5.93. The fourth-order valence-corrected chi connectivity index (χ4v) is 3.29. The first kappa shape index (κ1) is 9.73. The van der Waals surface area contributed by atoms with Gasteiger partial charge >= 0.3 is 0 Å². The van der Waals surface area contributed by atoms with Gasteiger partial charge in [-0.25, -0.2) is 4.98 Å². The van der Waals surface area contributed by atoms with Crippen molar-refractivity contribution < 1.29 is 4.21 Å². The Bertz CT molecular complexity index is 652. The van der Waals surface area contributed by atoms with E-state index in [4.69, 9.17) is 0 Å². The van der Waals surface area contributed by atoms with Crippen LogP contribution in [0.25, 0.3) is 16.0 Å². The quantitative estimate of drug-likeness (QED) is 0.803. The van der Waals surface area contributed by atoms with E-state index in [9.17, 15) is 4.21 Å². The Morgan fingerprint density at radius 1 is 1.56 bits per heavy atom. The number of thiazole rings is 1. The van der Waals surface area contributed by atoms with Crippen LogP contribution in [0.2, 0.25) is 0 Å². The molecule has 0 bridgehead atoms. The van der Waals surface area contributed by atoms with Gasteiger partial charge < -0.3 is 4.98 Å². The summed E-state index contributed by atoms with van der Waals surface area (Å²) in [7, 11) is -1.04. The van der Waals surface area contributed by atoms with Gasteiger partial charge in [-0.3, -0.25) is 9.63 Å². The summed E-state index contributed by atoms with van der Waals surface area (Å²) in [5.74, 6) is 0. The number of nitrogens with one attached hydrogen (secondary N) is 2. The Morgan fingerprint density at radius 2 is 2.38 bits per heavy atom. The minimum atomic E-state index is -1.04. The lowest BCUT2D eigenvalue weighted by molar-refractivity contribution is 0.686. The highest BCUT2D eigenvalue weighted by Crippen LogP contribution is 2.31. The van der Waals surface area contributed by atoms with E-state index in [0.717, 1.165) is 27.3 Å². The van der Waals surface area contributed by atoms with E-state index in [2.05, 4.69) is 27.1 Å². The predicted octanol–water partition coefficient (Wildman–Crippen LogP) is 1.27. The van der Waals surface area contributed by atoms with Crippen LogP contribution in [0, 0.1) is 0 Å². The second kappa shape index (κ2) is 3.26. The van der Waals surface area contributed by atoms with Crippen molar-refractivity contribution in [3.8, 4) is 0 Å². The molecule has 0 saturated carbocycles. The third-order valence-electron chi connectivity index (χ3n) is 2.31. The topological polar surface area (TPSA) is 70.1 Å². The highest BCUT2D eigenvalue weighted by Gasteiger charge is 2.19. The van der Waals surface area contributed by atoms with E-state index in [1.165, 1.54) is 11.3 Å². The molecule has 1 atom stereocenters. The lowest BCUT2D eigenvalue weighted by atomic mass is 10.2. The van der Waals surface area contributed by atoms with Gasteiger partial charge in [0.1, 0.15) is 0 Å². The number of hydrogen-bond acceptors (Lipinski definition) is 5. The first-order chi connectivity index (χ1) is 7.66. The molecule has 16 heavy (non-hydrogen) atoms. The van der Waals surface area contributed by atoms with E-state index in [1.807, 2.05) is 0 Å². The second-order valence-electron chi connectivity index (χ2n) is 3.37. The zero-order valence-corrected chi connectivity index (χ0v) is 10.0. The molecule has 2 aromatic heterocycles. The zero-order valence-electron chi connectivity index (χ0n) is 8.40. The van der Waals surface area contributed by atoms with Crippen molar-refractivity contribution in [2.24, 2.45) is 5.10 Å². The molecule has 82 valence electrons. The normalized spacial score (nSPS) is 16.2. The molecule has 0 amide bonds. The Hall–Kier alpha value is -1.47. The van der Waals surface area contributed by atoms with E-state index in [-0.39, 0.29) is 0 Å². The van der Waals surface area contributed by atoms with Gasteiger partial charge in [-0.05, 0) is 0 Å². The summed E-state index contributed by atoms with van der Waals surface area (Å²) >= 11 is 1.43. The number of aromatic amines is 1. The standard InChI is InChI=1S/C9H8N4OS2/c1-4-6-5(3-10-13-4)7-8(11-6)12-9(15-7)16(2)14/h3,11,13H,1H2,2H3. The Labute approximate surface area is 97.7 Å². The molecule has 3 heterocycles. The summed E-state index contributed by atoms with van der Waals surface area (Å²) in [6.07, 6.45) is 3.35. The molecule has 1 unspecified atom stereocenters. The van der Waals surface area contributed by atoms with Crippen molar-refractivity contribution in [1.29, 1.82) is 0 Å². The van der Waals surface area contributed by atoms with Gasteiger partial charge in [0.2, 0.25) is 0 Å². The minimum Gasteiger partial charge on any atom is -0.337 e. The van der Waals surface area contributed by atoms with Crippen LogP contribution in [0.1, 0.15) is 11.3 Å². The average molecular weight is 252 g/mol. The van der Waals surface area contributed by atoms with Crippen molar-refractivity contribution in [3.05, 3.63) is 17.8 Å². The van der Waals surface area contributed by atoms with Crippen LogP contribution in [0.4, 0.5) is 0 Å². The molecule has 0 spiro atoms. The molecular formula is C9H8N4OS2. The molecule has 1 aliphatic rings. The lowest BCUT2D eigenvalue weighted by Gasteiger charge is -2.08. The van der Waals surface area contributed by atoms with Crippen LogP contribution in [-0.2, 0) is 10.8 Å². The maximum Gasteiger partial charge on any atom is 0.183 e. The largest absolute Gasteiger partial charge is 0.337 e. The van der Waals surface area contributed by atoms with Crippen molar-refractivity contribution in [2.75, 3.05) is 6.26 Å². The van der Waals surface area contributed by atoms with Crippen molar-refractivity contribution >= 4 is 44.4 Å². The monoisotopic (exact) mass is 252 g/mol. The van der Waals surface area contributed by atoms with Gasteiger partial charge in [0, 0.05) is 11.8 Å². The van der Waals surface area contributed by atoms with Gasteiger partial charge in [0.15, 0.2) is 9.99 Å². The fraction of sp³-hybridized carbons (Fsp3) is 0.111. The van der Waals surface area contributed by atoms with Crippen LogP contribution in [0.3, 0.4) is 0 Å². The molecule has 0 aromatic carbocycles. The number of hydrogen-bond donors (Lipinski definition) is 2. The molecule has 0 fully saturated rings. The van der Waals surface area contributed by atoms with E-state index >= 15 is 0 Å². The fourth-order valence-electron chi connectivity index (χ4n) is 1.58. The number of nitrogens with zero attached hydrogens (tertiary/aromatic N) is 2. The number of hydrazone groups is 1. The van der Waals surface area contributed by atoms with Crippen LogP contribution in [0.5, 0.6) is 0 Å². The Kier molecular flexibility index (Phi) is 1.98. The Morgan fingerprint density at radius 3 is 3.12 bits per heavy atom. The maximum absolute atomic E-state index is 11.3. The predicted molar refractivity (Wildman–Crippen MR) is 66.1 cm³/mol. The molecular weight excluding hydrogens is 244 g/mol. The number of H-pyrrole nitrogens is 1. The molecule has 2 N–H and O–H groups in total. The molecule has 1 aliphatic heterocycles. The highest BCUT2D eigenvalue weighted by molar-refractivity contribution is 7.86. The average Bonchev–Trinajstić information content (AvgIpc) is 2.76. The lowest BCUT2D eigenvalue weighted by Crippen LogP contribution is -2.10. The summed E-state index contributed by atoms with van der Waals surface area (Å²) in [5, 5.41) is 3.98. The summed E-state index contributed by atoms with van der Waals surface area (Å²) in [6, 6.07) is 0. The van der Waals surface area contributed by atoms with E-state index in [1.54, 1.807) is 12.5 Å². The molecule has 3 rings (SSSR count). The van der Waals surface area contributed by atoms with Crippen LogP contribution >= 0.6 is 11.3 Å². The van der Waals surface area contributed by atoms with Crippen LogP contribution < -0.4 is 5.43 Å². The maximum atomic E-state index is 11.3. The van der Waals surface area contributed by atoms with E-state index in [0.29, 0.717) is 4.34 Å². The number of fused-ring (bicyclic) bond motifs is 3. The van der Waals surface area contributed by atoms with Gasteiger partial charge in [0.05, 0.1) is 33.1 Å². The van der Waals surface area contributed by atoms with Crippen LogP contribution in [0.15, 0.2) is 16.0 Å². The smallest absolute Gasteiger partial charge is 0.183 e. The highest BCUT2D eigenvalue weighted by atomic mass is 32.2. The van der Waals surface area contributed by atoms with Gasteiger partial charge in [-0.15, -0.1) is 11.3 Å². The molecule has 7 heteroatoms. The number of rotatable bonds is 1. The third kappa shape index (κ3) is 1.25. The first-order valence-electron chi connectivity index (χ1n) is 4.51. The summed E-state index contributed by atoms with van der Waals surface area (Å²) in [4.78, 5) is 7.44. The Balaban J connectivity index is 2.30. The minimum absolute atomic E-state index is 0.626. The molecule has 0 aliphatic carbocycles. The SMILES string of the molecule is C=C1NN=Cc2c1[nH]c1nc(S(C)=O)sc21. The molecule has 0 saturated heterocycles. The number of aromatic nitrogens is 2. The third-order valence-corrected chi connectivity index (χ3v) is 4.73.